The molecule has 0 aliphatic rings. The lowest BCUT2D eigenvalue weighted by molar-refractivity contribution is -0.115. The molecule has 0 aliphatic carbocycles. The summed E-state index contributed by atoms with van der Waals surface area (Å²) in [6, 6.07) is 10.1. The van der Waals surface area contributed by atoms with Crippen molar-refractivity contribution < 1.29 is 22.7 Å². The predicted octanol–water partition coefficient (Wildman–Crippen LogP) is 3.42. The van der Waals surface area contributed by atoms with Gasteiger partial charge in [-0.3, -0.25) is 4.79 Å². The highest BCUT2D eigenvalue weighted by atomic mass is 32.2. The molecule has 0 spiro atoms. The van der Waals surface area contributed by atoms with Gasteiger partial charge in [0.15, 0.2) is 15.0 Å². The number of carbonyl (C=O) groups excluding carboxylic acids is 1. The minimum atomic E-state index is -3.53. The maximum absolute atomic E-state index is 12.4. The van der Waals surface area contributed by atoms with E-state index in [1.165, 1.54) is 18.4 Å². The van der Waals surface area contributed by atoms with Crippen molar-refractivity contribution in [2.75, 3.05) is 25.3 Å². The number of nitrogens with zero attached hydrogens (tertiary/aromatic N) is 1. The molecule has 0 aliphatic heterocycles. The third-order valence-electron chi connectivity index (χ3n) is 4.13. The summed E-state index contributed by atoms with van der Waals surface area (Å²) in [5.41, 5.74) is 1.55. The number of fused-ring (bicyclic) bond motifs is 1. The number of anilines is 1. The molecule has 3 aromatic rings. The van der Waals surface area contributed by atoms with Crippen LogP contribution in [0.3, 0.4) is 0 Å². The van der Waals surface area contributed by atoms with Gasteiger partial charge in [-0.15, -0.1) is 0 Å². The highest BCUT2D eigenvalue weighted by molar-refractivity contribution is 7.91. The first-order chi connectivity index (χ1) is 13.3. The molecule has 1 heterocycles. The largest absolute Gasteiger partial charge is 0.495 e. The van der Waals surface area contributed by atoms with E-state index in [4.69, 9.17) is 9.47 Å². The number of rotatable bonds is 7. The van der Waals surface area contributed by atoms with E-state index >= 15 is 0 Å². The molecule has 0 unspecified atom stereocenters. The topological polar surface area (TPSA) is 94.6 Å². The maximum atomic E-state index is 12.4. The Bertz CT molecular complexity index is 1060. The SMILES string of the molecule is COc1ccc(OC)c2sc(NC(=O)CCS(=O)(=O)c3ccc(C)cc3)nc12. The van der Waals surface area contributed by atoms with Crippen molar-refractivity contribution in [3.63, 3.8) is 0 Å². The first-order valence-corrected chi connectivity index (χ1v) is 10.9. The summed E-state index contributed by atoms with van der Waals surface area (Å²) < 4.78 is 36.1. The van der Waals surface area contributed by atoms with E-state index < -0.39 is 15.7 Å². The molecule has 28 heavy (non-hydrogen) atoms. The van der Waals surface area contributed by atoms with Gasteiger partial charge in [0.05, 0.1) is 24.9 Å². The molecule has 0 fully saturated rings. The Morgan fingerprint density at radius 3 is 2.36 bits per heavy atom. The highest BCUT2D eigenvalue weighted by Gasteiger charge is 2.18. The molecular formula is C19H20N2O5S2. The summed E-state index contributed by atoms with van der Waals surface area (Å²) in [5.74, 6) is 0.484. The van der Waals surface area contributed by atoms with E-state index in [1.807, 2.05) is 6.92 Å². The predicted molar refractivity (Wildman–Crippen MR) is 109 cm³/mol. The lowest BCUT2D eigenvalue weighted by atomic mass is 10.2. The standard InChI is InChI=1S/C19H20N2O5S2/c1-12-4-6-13(7-5-12)28(23,24)11-10-16(22)20-19-21-17-14(25-2)8-9-15(26-3)18(17)27-19/h4-9H,10-11H2,1-3H3,(H,20,21,22). The van der Waals surface area contributed by atoms with Crippen LogP contribution in [-0.2, 0) is 14.6 Å². The van der Waals surface area contributed by atoms with Crippen molar-refractivity contribution in [1.29, 1.82) is 0 Å². The first kappa shape index (κ1) is 20.1. The van der Waals surface area contributed by atoms with Crippen LogP contribution in [0.25, 0.3) is 10.2 Å². The fourth-order valence-corrected chi connectivity index (χ4v) is 4.84. The van der Waals surface area contributed by atoms with E-state index in [2.05, 4.69) is 10.3 Å². The van der Waals surface area contributed by atoms with Crippen LogP contribution >= 0.6 is 11.3 Å². The molecule has 3 rings (SSSR count). The second-order valence-corrected chi connectivity index (χ2v) is 9.21. The van der Waals surface area contributed by atoms with Gasteiger partial charge >= 0.3 is 0 Å². The van der Waals surface area contributed by atoms with Crippen LogP contribution in [0, 0.1) is 6.92 Å². The number of aryl methyl sites for hydroxylation is 1. The number of amides is 1. The molecular weight excluding hydrogens is 400 g/mol. The molecule has 2 aromatic carbocycles. The zero-order valence-electron chi connectivity index (χ0n) is 15.7. The van der Waals surface area contributed by atoms with Crippen molar-refractivity contribution in [3.05, 3.63) is 42.0 Å². The molecule has 0 bridgehead atoms. The minimum Gasteiger partial charge on any atom is -0.495 e. The van der Waals surface area contributed by atoms with Gasteiger partial charge in [-0.25, -0.2) is 13.4 Å². The smallest absolute Gasteiger partial charge is 0.227 e. The van der Waals surface area contributed by atoms with Crippen molar-refractivity contribution in [2.45, 2.75) is 18.2 Å². The molecule has 7 nitrogen and oxygen atoms in total. The Labute approximate surface area is 167 Å². The second kappa shape index (κ2) is 8.15. The van der Waals surface area contributed by atoms with E-state index in [0.717, 1.165) is 10.3 Å². The number of methoxy groups -OCH3 is 2. The molecule has 0 saturated carbocycles. The van der Waals surface area contributed by atoms with Crippen molar-refractivity contribution in [2.24, 2.45) is 0 Å². The Kier molecular flexibility index (Phi) is 5.85. The van der Waals surface area contributed by atoms with Crippen LogP contribution < -0.4 is 14.8 Å². The van der Waals surface area contributed by atoms with Gasteiger partial charge in [0, 0.05) is 6.42 Å². The minimum absolute atomic E-state index is 0.166. The summed E-state index contributed by atoms with van der Waals surface area (Å²) in [6.07, 6.45) is -0.166. The molecule has 0 radical (unpaired) electrons. The quantitative estimate of drug-likeness (QED) is 0.629. The van der Waals surface area contributed by atoms with Crippen molar-refractivity contribution >= 4 is 42.4 Å². The van der Waals surface area contributed by atoms with Crippen LogP contribution in [0.15, 0.2) is 41.3 Å². The van der Waals surface area contributed by atoms with Gasteiger partial charge in [-0.2, -0.15) is 0 Å². The first-order valence-electron chi connectivity index (χ1n) is 8.45. The molecule has 0 atom stereocenters. The number of aromatic nitrogens is 1. The Morgan fingerprint density at radius 1 is 1.07 bits per heavy atom. The number of thiazole rings is 1. The van der Waals surface area contributed by atoms with Gasteiger partial charge in [0.25, 0.3) is 0 Å². The Balaban J connectivity index is 1.72. The second-order valence-electron chi connectivity index (χ2n) is 6.10. The van der Waals surface area contributed by atoms with Crippen LogP contribution in [0.1, 0.15) is 12.0 Å². The summed E-state index contributed by atoms with van der Waals surface area (Å²) in [5, 5.41) is 3.02. The van der Waals surface area contributed by atoms with Crippen molar-refractivity contribution in [3.8, 4) is 11.5 Å². The molecule has 148 valence electrons. The zero-order chi connectivity index (χ0) is 20.3. The normalized spacial score (nSPS) is 11.4. The average molecular weight is 421 g/mol. The van der Waals surface area contributed by atoms with Crippen LogP contribution in [-0.4, -0.2) is 39.3 Å². The van der Waals surface area contributed by atoms with Gasteiger partial charge < -0.3 is 14.8 Å². The van der Waals surface area contributed by atoms with E-state index in [-0.39, 0.29) is 17.1 Å². The summed E-state index contributed by atoms with van der Waals surface area (Å²) >= 11 is 1.24. The van der Waals surface area contributed by atoms with Crippen LogP contribution in [0.5, 0.6) is 11.5 Å². The fourth-order valence-electron chi connectivity index (χ4n) is 2.61. The Morgan fingerprint density at radius 2 is 1.71 bits per heavy atom. The molecule has 1 N–H and O–H groups in total. The third kappa shape index (κ3) is 4.26. The van der Waals surface area contributed by atoms with Crippen LogP contribution in [0.4, 0.5) is 5.13 Å². The third-order valence-corrected chi connectivity index (χ3v) is 6.85. The van der Waals surface area contributed by atoms with E-state index in [0.29, 0.717) is 22.1 Å². The van der Waals surface area contributed by atoms with E-state index in [9.17, 15) is 13.2 Å². The molecule has 1 amide bonds. The fraction of sp³-hybridized carbons (Fsp3) is 0.263. The molecule has 9 heteroatoms. The number of sulfone groups is 1. The van der Waals surface area contributed by atoms with Crippen LogP contribution in [0.2, 0.25) is 0 Å². The molecule has 0 saturated heterocycles. The summed E-state index contributed by atoms with van der Waals surface area (Å²) in [7, 11) is -0.441. The van der Waals surface area contributed by atoms with Gasteiger partial charge in [-0.05, 0) is 31.2 Å². The summed E-state index contributed by atoms with van der Waals surface area (Å²) in [4.78, 5) is 16.8. The number of hydrogen-bond acceptors (Lipinski definition) is 7. The number of ether oxygens (including phenoxy) is 2. The maximum Gasteiger partial charge on any atom is 0.227 e. The van der Waals surface area contributed by atoms with Crippen molar-refractivity contribution in [1.82, 2.24) is 4.98 Å². The Hall–Kier alpha value is -2.65. The van der Waals surface area contributed by atoms with E-state index in [1.54, 1.807) is 43.5 Å². The lowest BCUT2D eigenvalue weighted by Gasteiger charge is -2.05. The molecule has 1 aromatic heterocycles. The summed E-state index contributed by atoms with van der Waals surface area (Å²) in [6.45, 7) is 1.88. The average Bonchev–Trinajstić information content (AvgIpc) is 3.09. The lowest BCUT2D eigenvalue weighted by Crippen LogP contribution is -2.17. The number of nitrogens with one attached hydrogen (secondary N) is 1. The zero-order valence-corrected chi connectivity index (χ0v) is 17.3. The number of benzene rings is 2. The van der Waals surface area contributed by atoms with Gasteiger partial charge in [0.2, 0.25) is 5.91 Å². The number of carbonyl (C=O) groups is 1. The highest BCUT2D eigenvalue weighted by Crippen LogP contribution is 2.38. The van der Waals surface area contributed by atoms with Gasteiger partial charge in [-0.1, -0.05) is 29.0 Å². The van der Waals surface area contributed by atoms with Gasteiger partial charge in [0.1, 0.15) is 21.7 Å². The number of hydrogen-bond donors (Lipinski definition) is 1. The monoisotopic (exact) mass is 420 g/mol.